The number of ketones is 1. The van der Waals surface area contributed by atoms with Crippen molar-refractivity contribution in [1.82, 2.24) is 0 Å². The number of hydrogen-bond acceptors (Lipinski definition) is 1. The van der Waals surface area contributed by atoms with Gasteiger partial charge in [0.2, 0.25) is 0 Å². The van der Waals surface area contributed by atoms with Crippen LogP contribution in [0.4, 0.5) is 4.39 Å². The number of carbonyl (C=O) groups is 1. The zero-order valence-corrected chi connectivity index (χ0v) is 8.59. The van der Waals surface area contributed by atoms with Crippen LogP contribution in [0.3, 0.4) is 0 Å². The molecule has 0 unspecified atom stereocenters. The Balaban J connectivity index is 2.83. The molecule has 14 heavy (non-hydrogen) atoms. The molecule has 0 spiro atoms. The molecule has 0 amide bonds. The lowest BCUT2D eigenvalue weighted by Crippen LogP contribution is -2.12. The van der Waals surface area contributed by atoms with Crippen molar-refractivity contribution in [3.05, 3.63) is 35.6 Å². The molecule has 0 aliphatic rings. The summed E-state index contributed by atoms with van der Waals surface area (Å²) in [6, 6.07) is 5.76. The Morgan fingerprint density at radius 2 is 1.71 bits per heavy atom. The van der Waals surface area contributed by atoms with Crippen molar-refractivity contribution < 1.29 is 9.18 Å². The van der Waals surface area contributed by atoms with Crippen LogP contribution in [0, 0.1) is 11.7 Å². The molecular formula is C12H15FO. The highest BCUT2D eigenvalue weighted by molar-refractivity contribution is 5.97. The van der Waals surface area contributed by atoms with Gasteiger partial charge >= 0.3 is 0 Å². The molecule has 0 saturated heterocycles. The predicted molar refractivity (Wildman–Crippen MR) is 54.8 cm³/mol. The third-order valence-corrected chi connectivity index (χ3v) is 2.49. The maximum absolute atomic E-state index is 12.6. The van der Waals surface area contributed by atoms with E-state index in [1.165, 1.54) is 12.1 Å². The number of benzene rings is 1. The summed E-state index contributed by atoms with van der Waals surface area (Å²) < 4.78 is 12.6. The molecule has 0 radical (unpaired) electrons. The first kappa shape index (κ1) is 10.9. The smallest absolute Gasteiger partial charge is 0.165 e. The summed E-state index contributed by atoms with van der Waals surface area (Å²) in [7, 11) is 0. The molecular weight excluding hydrogens is 179 g/mol. The van der Waals surface area contributed by atoms with Crippen molar-refractivity contribution in [1.29, 1.82) is 0 Å². The minimum atomic E-state index is -0.300. The fraction of sp³-hybridized carbons (Fsp3) is 0.417. The lowest BCUT2D eigenvalue weighted by Gasteiger charge is -2.10. The van der Waals surface area contributed by atoms with E-state index in [2.05, 4.69) is 0 Å². The monoisotopic (exact) mass is 194 g/mol. The minimum Gasteiger partial charge on any atom is -0.294 e. The SMILES string of the molecule is CCC(CC)C(=O)c1ccc(F)cc1. The highest BCUT2D eigenvalue weighted by Crippen LogP contribution is 2.15. The molecule has 0 bridgehead atoms. The zero-order chi connectivity index (χ0) is 10.6. The van der Waals surface area contributed by atoms with Crippen molar-refractivity contribution in [3.8, 4) is 0 Å². The van der Waals surface area contributed by atoms with Crippen LogP contribution in [-0.4, -0.2) is 5.78 Å². The number of Topliss-reactive ketones (excluding diaryl/α,β-unsaturated/α-hetero) is 1. The first-order valence-corrected chi connectivity index (χ1v) is 4.98. The second-order valence-electron chi connectivity index (χ2n) is 3.38. The van der Waals surface area contributed by atoms with Gasteiger partial charge in [0.1, 0.15) is 5.82 Å². The summed E-state index contributed by atoms with van der Waals surface area (Å²) in [5.41, 5.74) is 0.611. The summed E-state index contributed by atoms with van der Waals surface area (Å²) in [6.45, 7) is 3.99. The van der Waals surface area contributed by atoms with Gasteiger partial charge in [0.05, 0.1) is 0 Å². The summed E-state index contributed by atoms with van der Waals surface area (Å²) in [6.07, 6.45) is 1.68. The van der Waals surface area contributed by atoms with Gasteiger partial charge < -0.3 is 0 Å². The number of hydrogen-bond donors (Lipinski definition) is 0. The number of halogens is 1. The molecule has 1 aromatic carbocycles. The van der Waals surface area contributed by atoms with Crippen LogP contribution in [-0.2, 0) is 0 Å². The molecule has 0 aliphatic heterocycles. The van der Waals surface area contributed by atoms with Crippen molar-refractivity contribution in [2.45, 2.75) is 26.7 Å². The molecule has 1 rings (SSSR count). The third-order valence-electron chi connectivity index (χ3n) is 2.49. The van der Waals surface area contributed by atoms with Gasteiger partial charge in [-0.05, 0) is 37.1 Å². The Labute approximate surface area is 83.9 Å². The molecule has 76 valence electrons. The van der Waals surface area contributed by atoms with Crippen molar-refractivity contribution in [2.24, 2.45) is 5.92 Å². The summed E-state index contributed by atoms with van der Waals surface area (Å²) in [5, 5.41) is 0. The van der Waals surface area contributed by atoms with Crippen molar-refractivity contribution in [2.75, 3.05) is 0 Å². The molecule has 0 saturated carbocycles. The third kappa shape index (κ3) is 2.41. The second-order valence-corrected chi connectivity index (χ2v) is 3.38. The number of rotatable bonds is 4. The quantitative estimate of drug-likeness (QED) is 0.671. The lowest BCUT2D eigenvalue weighted by atomic mass is 9.93. The first-order chi connectivity index (χ1) is 6.69. The van der Waals surface area contributed by atoms with Crippen LogP contribution in [0.2, 0.25) is 0 Å². The van der Waals surface area contributed by atoms with E-state index in [4.69, 9.17) is 0 Å². The topological polar surface area (TPSA) is 17.1 Å². The zero-order valence-electron chi connectivity index (χ0n) is 8.59. The van der Waals surface area contributed by atoms with Crippen LogP contribution in [0.15, 0.2) is 24.3 Å². The standard InChI is InChI=1S/C12H15FO/c1-3-9(4-2)12(14)10-5-7-11(13)8-6-10/h5-9H,3-4H2,1-2H3. The molecule has 1 aromatic rings. The summed E-state index contributed by atoms with van der Waals surface area (Å²) in [4.78, 5) is 11.8. The highest BCUT2D eigenvalue weighted by atomic mass is 19.1. The van der Waals surface area contributed by atoms with Crippen molar-refractivity contribution in [3.63, 3.8) is 0 Å². The Bertz CT molecular complexity index is 299. The molecule has 1 nitrogen and oxygen atoms in total. The van der Waals surface area contributed by atoms with Crippen LogP contribution in [0.5, 0.6) is 0 Å². The van der Waals surface area contributed by atoms with E-state index in [1.807, 2.05) is 13.8 Å². The maximum atomic E-state index is 12.6. The minimum absolute atomic E-state index is 0.0699. The largest absolute Gasteiger partial charge is 0.294 e. The van der Waals surface area contributed by atoms with Gasteiger partial charge in [0.15, 0.2) is 5.78 Å². The Hall–Kier alpha value is -1.18. The second kappa shape index (κ2) is 4.89. The Kier molecular flexibility index (Phi) is 3.81. The van der Waals surface area contributed by atoms with Gasteiger partial charge in [-0.2, -0.15) is 0 Å². The Morgan fingerprint density at radius 1 is 1.21 bits per heavy atom. The average Bonchev–Trinajstić information content (AvgIpc) is 2.20. The summed E-state index contributed by atoms with van der Waals surface area (Å²) in [5.74, 6) is -0.110. The van der Waals surface area contributed by atoms with Crippen LogP contribution < -0.4 is 0 Å². The molecule has 0 fully saturated rings. The normalized spacial score (nSPS) is 10.6. The predicted octanol–water partition coefficient (Wildman–Crippen LogP) is 3.44. The van der Waals surface area contributed by atoms with Crippen LogP contribution in [0.1, 0.15) is 37.0 Å². The van der Waals surface area contributed by atoms with Gasteiger partial charge in [-0.1, -0.05) is 13.8 Å². The summed E-state index contributed by atoms with van der Waals surface area (Å²) >= 11 is 0. The van der Waals surface area contributed by atoms with E-state index >= 15 is 0 Å². The van der Waals surface area contributed by atoms with E-state index in [-0.39, 0.29) is 17.5 Å². The fourth-order valence-electron chi connectivity index (χ4n) is 1.51. The molecule has 0 N–H and O–H groups in total. The molecule has 0 aromatic heterocycles. The van der Waals surface area contributed by atoms with Gasteiger partial charge in [0, 0.05) is 11.5 Å². The van der Waals surface area contributed by atoms with E-state index in [0.717, 1.165) is 12.8 Å². The van der Waals surface area contributed by atoms with E-state index in [1.54, 1.807) is 12.1 Å². The van der Waals surface area contributed by atoms with Gasteiger partial charge in [-0.25, -0.2) is 4.39 Å². The lowest BCUT2D eigenvalue weighted by molar-refractivity contribution is 0.0913. The molecule has 2 heteroatoms. The van der Waals surface area contributed by atoms with Gasteiger partial charge in [0.25, 0.3) is 0 Å². The molecule has 0 heterocycles. The fourth-order valence-corrected chi connectivity index (χ4v) is 1.51. The van der Waals surface area contributed by atoms with Crippen molar-refractivity contribution >= 4 is 5.78 Å². The highest BCUT2D eigenvalue weighted by Gasteiger charge is 2.15. The first-order valence-electron chi connectivity index (χ1n) is 4.98. The van der Waals surface area contributed by atoms with Crippen LogP contribution >= 0.6 is 0 Å². The maximum Gasteiger partial charge on any atom is 0.165 e. The Morgan fingerprint density at radius 3 is 2.14 bits per heavy atom. The van der Waals surface area contributed by atoms with Gasteiger partial charge in [-0.15, -0.1) is 0 Å². The van der Waals surface area contributed by atoms with Crippen LogP contribution in [0.25, 0.3) is 0 Å². The molecule has 0 atom stereocenters. The average molecular weight is 194 g/mol. The van der Waals surface area contributed by atoms with E-state index in [0.29, 0.717) is 5.56 Å². The van der Waals surface area contributed by atoms with Gasteiger partial charge in [-0.3, -0.25) is 4.79 Å². The van der Waals surface area contributed by atoms with E-state index in [9.17, 15) is 9.18 Å². The van der Waals surface area contributed by atoms with E-state index < -0.39 is 0 Å². The number of carbonyl (C=O) groups excluding carboxylic acids is 1. The molecule has 0 aliphatic carbocycles.